The number of rotatable bonds is 4. The van der Waals surface area contributed by atoms with Crippen LogP contribution in [-0.4, -0.2) is 6.61 Å². The molecule has 0 fully saturated rings. The van der Waals surface area contributed by atoms with Crippen LogP contribution < -0.4 is 10.5 Å². The lowest BCUT2D eigenvalue weighted by atomic mass is 10.1. The van der Waals surface area contributed by atoms with E-state index < -0.39 is 6.61 Å². The van der Waals surface area contributed by atoms with Gasteiger partial charge in [-0.2, -0.15) is 8.78 Å². The molecule has 6 heteroatoms. The van der Waals surface area contributed by atoms with Gasteiger partial charge in [0.05, 0.1) is 6.04 Å². The maximum Gasteiger partial charge on any atom is 0.387 e. The van der Waals surface area contributed by atoms with Gasteiger partial charge in [-0.15, -0.1) is 11.3 Å². The van der Waals surface area contributed by atoms with Crippen molar-refractivity contribution >= 4 is 27.3 Å². The minimum Gasteiger partial charge on any atom is -0.435 e. The number of thiophene rings is 1. The van der Waals surface area contributed by atoms with Gasteiger partial charge >= 0.3 is 6.61 Å². The second-order valence-electron chi connectivity index (χ2n) is 3.56. The summed E-state index contributed by atoms with van der Waals surface area (Å²) in [5, 5.41) is 1.94. The third-order valence-corrected chi connectivity index (χ3v) is 4.35. The van der Waals surface area contributed by atoms with Crippen molar-refractivity contribution in [3.63, 3.8) is 0 Å². The summed E-state index contributed by atoms with van der Waals surface area (Å²) in [5.41, 5.74) is 6.95. The average molecular weight is 334 g/mol. The van der Waals surface area contributed by atoms with Gasteiger partial charge in [0.1, 0.15) is 5.75 Å². The number of hydrogen-bond acceptors (Lipinski definition) is 3. The summed E-state index contributed by atoms with van der Waals surface area (Å²) in [4.78, 5) is 0.998. The van der Waals surface area contributed by atoms with Crippen LogP contribution in [0.25, 0.3) is 0 Å². The number of alkyl halides is 2. The van der Waals surface area contributed by atoms with Gasteiger partial charge in [0.2, 0.25) is 0 Å². The average Bonchev–Trinajstić information content (AvgIpc) is 2.75. The van der Waals surface area contributed by atoms with Crippen LogP contribution in [0.5, 0.6) is 5.75 Å². The Hall–Kier alpha value is -0.980. The van der Waals surface area contributed by atoms with E-state index in [1.54, 1.807) is 23.5 Å². The minimum absolute atomic E-state index is 0.131. The van der Waals surface area contributed by atoms with Gasteiger partial charge in [0.15, 0.2) is 0 Å². The standard InChI is InChI=1S/C12H10BrF2NOS/c13-9-5-6-18-11(9)10(16)7-1-3-8(4-2-7)17-12(14)15/h1-6,10,12H,16H2. The molecule has 2 aromatic rings. The lowest BCUT2D eigenvalue weighted by molar-refractivity contribution is -0.0498. The zero-order valence-corrected chi connectivity index (χ0v) is 11.5. The first kappa shape index (κ1) is 13.5. The van der Waals surface area contributed by atoms with E-state index in [0.717, 1.165) is 14.9 Å². The molecule has 1 aromatic heterocycles. The molecule has 1 unspecified atom stereocenters. The first-order valence-corrected chi connectivity index (χ1v) is 6.78. The smallest absolute Gasteiger partial charge is 0.387 e. The quantitative estimate of drug-likeness (QED) is 0.911. The molecule has 2 N–H and O–H groups in total. The van der Waals surface area contributed by atoms with Gasteiger partial charge < -0.3 is 10.5 Å². The van der Waals surface area contributed by atoms with Crippen molar-refractivity contribution in [3.8, 4) is 5.75 Å². The molecule has 0 amide bonds. The summed E-state index contributed by atoms with van der Waals surface area (Å²) in [6, 6.07) is 8.00. The van der Waals surface area contributed by atoms with E-state index in [0.29, 0.717) is 0 Å². The van der Waals surface area contributed by atoms with Gasteiger partial charge in [-0.25, -0.2) is 0 Å². The van der Waals surface area contributed by atoms with E-state index in [2.05, 4.69) is 20.7 Å². The van der Waals surface area contributed by atoms with Crippen LogP contribution in [0, 0.1) is 0 Å². The number of ether oxygens (including phenoxy) is 1. The topological polar surface area (TPSA) is 35.2 Å². The largest absolute Gasteiger partial charge is 0.435 e. The molecule has 0 saturated carbocycles. The molecule has 0 bridgehead atoms. The molecule has 1 heterocycles. The molecule has 2 nitrogen and oxygen atoms in total. The van der Waals surface area contributed by atoms with E-state index >= 15 is 0 Å². The number of benzene rings is 1. The fourth-order valence-corrected chi connectivity index (χ4v) is 3.18. The van der Waals surface area contributed by atoms with E-state index in [1.807, 2.05) is 11.4 Å². The highest BCUT2D eigenvalue weighted by atomic mass is 79.9. The Morgan fingerprint density at radius 3 is 2.33 bits per heavy atom. The molecule has 2 rings (SSSR count). The molecular weight excluding hydrogens is 324 g/mol. The molecular formula is C12H10BrF2NOS. The Morgan fingerprint density at radius 1 is 1.17 bits per heavy atom. The predicted molar refractivity (Wildman–Crippen MR) is 71.1 cm³/mol. The fourth-order valence-electron chi connectivity index (χ4n) is 1.54. The second kappa shape index (κ2) is 5.77. The fraction of sp³-hybridized carbons (Fsp3) is 0.167. The van der Waals surface area contributed by atoms with E-state index in [9.17, 15) is 8.78 Å². The first-order chi connectivity index (χ1) is 8.58. The zero-order valence-electron chi connectivity index (χ0n) is 9.15. The third-order valence-electron chi connectivity index (χ3n) is 2.39. The molecule has 0 radical (unpaired) electrons. The van der Waals surface area contributed by atoms with Crippen LogP contribution in [0.3, 0.4) is 0 Å². The predicted octanol–water partition coefficient (Wildman–Crippen LogP) is 4.16. The maximum atomic E-state index is 12.0. The van der Waals surface area contributed by atoms with Crippen molar-refractivity contribution in [2.45, 2.75) is 12.7 Å². The highest BCUT2D eigenvalue weighted by Crippen LogP contribution is 2.32. The summed E-state index contributed by atoms with van der Waals surface area (Å²) in [7, 11) is 0. The highest BCUT2D eigenvalue weighted by molar-refractivity contribution is 9.10. The molecule has 0 aliphatic rings. The molecule has 0 spiro atoms. The number of nitrogens with two attached hydrogens (primary N) is 1. The molecule has 1 aromatic carbocycles. The van der Waals surface area contributed by atoms with Gasteiger partial charge in [-0.1, -0.05) is 12.1 Å². The molecule has 18 heavy (non-hydrogen) atoms. The SMILES string of the molecule is NC(c1ccc(OC(F)F)cc1)c1sccc1Br. The highest BCUT2D eigenvalue weighted by Gasteiger charge is 2.14. The lowest BCUT2D eigenvalue weighted by Crippen LogP contribution is -2.10. The summed E-state index contributed by atoms with van der Waals surface area (Å²) in [5.74, 6) is 0.131. The van der Waals surface area contributed by atoms with Crippen LogP contribution in [0.4, 0.5) is 8.78 Å². The van der Waals surface area contributed by atoms with Crippen molar-refractivity contribution in [2.75, 3.05) is 0 Å². The van der Waals surface area contributed by atoms with E-state index in [-0.39, 0.29) is 11.8 Å². The number of hydrogen-bond donors (Lipinski definition) is 1. The minimum atomic E-state index is -2.81. The van der Waals surface area contributed by atoms with Crippen molar-refractivity contribution in [1.82, 2.24) is 0 Å². The third kappa shape index (κ3) is 3.07. The van der Waals surface area contributed by atoms with Crippen molar-refractivity contribution in [1.29, 1.82) is 0 Å². The Kier molecular flexibility index (Phi) is 4.31. The van der Waals surface area contributed by atoms with Crippen LogP contribution in [0.15, 0.2) is 40.2 Å². The zero-order chi connectivity index (χ0) is 13.1. The van der Waals surface area contributed by atoms with Crippen LogP contribution in [0.1, 0.15) is 16.5 Å². The Balaban J connectivity index is 2.17. The molecule has 96 valence electrons. The normalized spacial score (nSPS) is 12.7. The number of halogens is 3. The van der Waals surface area contributed by atoms with Gasteiger partial charge in [0, 0.05) is 9.35 Å². The Labute approximate surface area is 116 Å². The Bertz CT molecular complexity index is 515. The molecule has 0 saturated heterocycles. The lowest BCUT2D eigenvalue weighted by Gasteiger charge is -2.12. The van der Waals surface area contributed by atoms with Gasteiger partial charge in [-0.05, 0) is 45.1 Å². The van der Waals surface area contributed by atoms with Gasteiger partial charge in [0.25, 0.3) is 0 Å². The molecule has 0 aliphatic carbocycles. The van der Waals surface area contributed by atoms with Crippen molar-refractivity contribution in [2.24, 2.45) is 5.73 Å². The van der Waals surface area contributed by atoms with E-state index in [1.165, 1.54) is 12.1 Å². The van der Waals surface area contributed by atoms with Crippen molar-refractivity contribution < 1.29 is 13.5 Å². The van der Waals surface area contributed by atoms with E-state index in [4.69, 9.17) is 5.73 Å². The van der Waals surface area contributed by atoms with Crippen molar-refractivity contribution in [3.05, 3.63) is 50.6 Å². The summed E-state index contributed by atoms with van der Waals surface area (Å²) in [6.45, 7) is -2.81. The molecule has 1 atom stereocenters. The van der Waals surface area contributed by atoms with Crippen LogP contribution in [-0.2, 0) is 0 Å². The van der Waals surface area contributed by atoms with Crippen LogP contribution in [0.2, 0.25) is 0 Å². The Morgan fingerprint density at radius 2 is 1.83 bits per heavy atom. The summed E-state index contributed by atoms with van der Waals surface area (Å²) < 4.78 is 29.2. The first-order valence-electron chi connectivity index (χ1n) is 5.11. The summed E-state index contributed by atoms with van der Waals surface area (Å²) >= 11 is 4.96. The monoisotopic (exact) mass is 333 g/mol. The summed E-state index contributed by atoms with van der Waals surface area (Å²) in [6.07, 6.45) is 0. The van der Waals surface area contributed by atoms with Crippen LogP contribution >= 0.6 is 27.3 Å². The second-order valence-corrected chi connectivity index (χ2v) is 5.36. The van der Waals surface area contributed by atoms with Gasteiger partial charge in [-0.3, -0.25) is 0 Å². The maximum absolute atomic E-state index is 12.0. The molecule has 0 aliphatic heterocycles.